The molecule has 0 aliphatic heterocycles. The van der Waals surface area contributed by atoms with Crippen LogP contribution in [0, 0.1) is 15.5 Å². The van der Waals surface area contributed by atoms with Crippen LogP contribution in [0.1, 0.15) is 33.6 Å². The van der Waals surface area contributed by atoms with Gasteiger partial charge in [-0.2, -0.15) is 0 Å². The summed E-state index contributed by atoms with van der Waals surface area (Å²) in [6.07, 6.45) is 1.94. The highest BCUT2D eigenvalue weighted by Crippen LogP contribution is 2.47. The highest BCUT2D eigenvalue weighted by Gasteiger charge is 2.45. The van der Waals surface area contributed by atoms with Crippen LogP contribution in [0.25, 0.3) is 0 Å². The van der Waals surface area contributed by atoms with Gasteiger partial charge < -0.3 is 10.1 Å². The van der Waals surface area contributed by atoms with Crippen LogP contribution in [-0.4, -0.2) is 17.6 Å². The molecule has 1 atom stereocenters. The third kappa shape index (κ3) is 3.16. The second-order valence-corrected chi connectivity index (χ2v) is 5.68. The molecule has 0 spiro atoms. The Labute approximate surface area is 113 Å². The topological polar surface area (TPSA) is 64.4 Å². The Kier molecular flexibility index (Phi) is 3.64. The van der Waals surface area contributed by atoms with Crippen molar-refractivity contribution < 1.29 is 9.66 Å². The van der Waals surface area contributed by atoms with Gasteiger partial charge in [-0.25, -0.2) is 0 Å². The van der Waals surface area contributed by atoms with E-state index in [1.807, 2.05) is 6.92 Å². The van der Waals surface area contributed by atoms with Crippen LogP contribution in [0.5, 0.6) is 5.75 Å². The first-order chi connectivity index (χ1) is 8.94. The van der Waals surface area contributed by atoms with Crippen molar-refractivity contribution in [2.75, 3.05) is 11.9 Å². The quantitative estimate of drug-likeness (QED) is 0.630. The minimum atomic E-state index is -0.407. The van der Waals surface area contributed by atoms with E-state index in [0.29, 0.717) is 23.8 Å². The van der Waals surface area contributed by atoms with E-state index < -0.39 is 4.92 Å². The van der Waals surface area contributed by atoms with Gasteiger partial charge in [0.25, 0.3) is 0 Å². The highest BCUT2D eigenvalue weighted by atomic mass is 16.6. The summed E-state index contributed by atoms with van der Waals surface area (Å²) in [4.78, 5) is 10.5. The number of benzene rings is 1. The van der Waals surface area contributed by atoms with Gasteiger partial charge in [-0.1, -0.05) is 20.8 Å². The fourth-order valence-electron chi connectivity index (χ4n) is 2.00. The van der Waals surface area contributed by atoms with Crippen LogP contribution in [0.3, 0.4) is 0 Å². The molecule has 2 rings (SSSR count). The smallest absolute Gasteiger partial charge is 0.311 e. The molecule has 104 valence electrons. The second-order valence-electron chi connectivity index (χ2n) is 5.68. The molecule has 0 bridgehead atoms. The number of hydrogen-bond acceptors (Lipinski definition) is 4. The van der Waals surface area contributed by atoms with Gasteiger partial charge in [0.2, 0.25) is 0 Å². The Bertz CT molecular complexity index is 486. The maximum absolute atomic E-state index is 10.9. The van der Waals surface area contributed by atoms with Crippen molar-refractivity contribution in [1.29, 1.82) is 0 Å². The molecule has 19 heavy (non-hydrogen) atoms. The lowest BCUT2D eigenvalue weighted by Crippen LogP contribution is -2.09. The van der Waals surface area contributed by atoms with E-state index in [9.17, 15) is 10.1 Å². The van der Waals surface area contributed by atoms with Crippen LogP contribution < -0.4 is 10.1 Å². The first-order valence-electron chi connectivity index (χ1n) is 6.62. The molecule has 1 unspecified atom stereocenters. The van der Waals surface area contributed by atoms with Crippen molar-refractivity contribution in [1.82, 2.24) is 0 Å². The molecule has 5 nitrogen and oxygen atoms in total. The molecule has 1 aromatic rings. The maximum Gasteiger partial charge on any atom is 0.311 e. The average molecular weight is 264 g/mol. The number of hydrogen-bond donors (Lipinski definition) is 1. The molecule has 0 saturated heterocycles. The van der Waals surface area contributed by atoms with Crippen molar-refractivity contribution in [3.8, 4) is 5.75 Å². The summed E-state index contributed by atoms with van der Waals surface area (Å²) in [5.41, 5.74) is 1.22. The van der Waals surface area contributed by atoms with Crippen LogP contribution in [0.4, 0.5) is 11.4 Å². The third-order valence-corrected chi connectivity index (χ3v) is 3.47. The first-order valence-corrected chi connectivity index (χ1v) is 6.62. The van der Waals surface area contributed by atoms with Crippen LogP contribution in [-0.2, 0) is 0 Å². The largest absolute Gasteiger partial charge is 0.487 e. The molecule has 1 fully saturated rings. The Morgan fingerprint density at radius 3 is 2.74 bits per heavy atom. The Morgan fingerprint density at radius 1 is 1.53 bits per heavy atom. The molecule has 1 saturated carbocycles. The van der Waals surface area contributed by atoms with Gasteiger partial charge in [-0.15, -0.1) is 0 Å². The van der Waals surface area contributed by atoms with E-state index in [-0.39, 0.29) is 5.69 Å². The van der Waals surface area contributed by atoms with E-state index in [1.165, 1.54) is 6.07 Å². The van der Waals surface area contributed by atoms with Crippen LogP contribution in [0.2, 0.25) is 0 Å². The summed E-state index contributed by atoms with van der Waals surface area (Å²) in [6.45, 7) is 6.86. The predicted molar refractivity (Wildman–Crippen MR) is 74.7 cm³/mol. The zero-order chi connectivity index (χ0) is 14.0. The van der Waals surface area contributed by atoms with E-state index >= 15 is 0 Å². The van der Waals surface area contributed by atoms with Gasteiger partial charge in [0, 0.05) is 23.9 Å². The summed E-state index contributed by atoms with van der Waals surface area (Å²) in [6, 6.07) is 5.41. The summed E-state index contributed by atoms with van der Waals surface area (Å²) >= 11 is 0. The zero-order valence-electron chi connectivity index (χ0n) is 11.6. The third-order valence-electron chi connectivity index (χ3n) is 3.47. The molecule has 5 heteroatoms. The first kappa shape index (κ1) is 13.6. The fourth-order valence-corrected chi connectivity index (χ4v) is 2.00. The standard InChI is InChI=1S/C14H20N2O3/c1-4-7-19-12-8-10(5-6-11(12)16(17)18)15-13-9-14(13,2)3/h5-6,8,13,15H,4,7,9H2,1-3H3. The monoisotopic (exact) mass is 264 g/mol. The molecule has 0 heterocycles. The molecule has 0 radical (unpaired) electrons. The lowest BCUT2D eigenvalue weighted by molar-refractivity contribution is -0.385. The normalized spacial score (nSPS) is 19.8. The van der Waals surface area contributed by atoms with Gasteiger partial charge in [0.05, 0.1) is 11.5 Å². The van der Waals surface area contributed by atoms with Crippen LogP contribution >= 0.6 is 0 Å². The van der Waals surface area contributed by atoms with E-state index in [1.54, 1.807) is 12.1 Å². The SMILES string of the molecule is CCCOc1cc(NC2CC2(C)C)ccc1[N+](=O)[O-]. The molecular formula is C14H20N2O3. The number of nitro benzene ring substituents is 1. The number of nitrogens with one attached hydrogen (secondary N) is 1. The van der Waals surface area contributed by atoms with Gasteiger partial charge in [-0.05, 0) is 24.3 Å². The minimum Gasteiger partial charge on any atom is -0.487 e. The lowest BCUT2D eigenvalue weighted by Gasteiger charge is -2.11. The van der Waals surface area contributed by atoms with Gasteiger partial charge in [-0.3, -0.25) is 10.1 Å². The zero-order valence-corrected chi connectivity index (χ0v) is 11.6. The number of nitro groups is 1. The fraction of sp³-hybridized carbons (Fsp3) is 0.571. The number of ether oxygens (including phenoxy) is 1. The molecule has 0 amide bonds. The molecule has 1 aliphatic rings. The van der Waals surface area contributed by atoms with E-state index in [0.717, 1.165) is 18.5 Å². The number of rotatable bonds is 6. The van der Waals surface area contributed by atoms with Gasteiger partial charge >= 0.3 is 5.69 Å². The van der Waals surface area contributed by atoms with Crippen molar-refractivity contribution in [3.63, 3.8) is 0 Å². The van der Waals surface area contributed by atoms with Crippen molar-refractivity contribution in [2.45, 2.75) is 39.7 Å². The summed E-state index contributed by atoms with van der Waals surface area (Å²) in [5.74, 6) is 0.343. The van der Waals surface area contributed by atoms with Gasteiger partial charge in [0.1, 0.15) is 0 Å². The minimum absolute atomic E-state index is 0.0223. The molecule has 1 aliphatic carbocycles. The van der Waals surface area contributed by atoms with Gasteiger partial charge in [0.15, 0.2) is 5.75 Å². The van der Waals surface area contributed by atoms with Crippen LogP contribution in [0.15, 0.2) is 18.2 Å². The van der Waals surface area contributed by atoms with Crippen molar-refractivity contribution in [3.05, 3.63) is 28.3 Å². The second kappa shape index (κ2) is 5.07. The lowest BCUT2D eigenvalue weighted by atomic mass is 10.2. The summed E-state index contributed by atoms with van der Waals surface area (Å²) < 4.78 is 5.46. The Hall–Kier alpha value is -1.78. The predicted octanol–water partition coefficient (Wildman–Crippen LogP) is 3.59. The number of anilines is 1. The maximum atomic E-state index is 10.9. The molecule has 1 aromatic carbocycles. The Balaban J connectivity index is 2.15. The van der Waals surface area contributed by atoms with Crippen molar-refractivity contribution >= 4 is 11.4 Å². The molecule has 0 aromatic heterocycles. The highest BCUT2D eigenvalue weighted by molar-refractivity contribution is 5.59. The Morgan fingerprint density at radius 2 is 2.21 bits per heavy atom. The van der Waals surface area contributed by atoms with E-state index in [2.05, 4.69) is 19.2 Å². The molecular weight excluding hydrogens is 244 g/mol. The summed E-state index contributed by atoms with van der Waals surface area (Å²) in [5, 5.41) is 14.3. The summed E-state index contributed by atoms with van der Waals surface area (Å²) in [7, 11) is 0. The number of nitrogens with zero attached hydrogens (tertiary/aromatic N) is 1. The average Bonchev–Trinajstić information content (AvgIpc) is 2.93. The molecule has 1 N–H and O–H groups in total. The van der Waals surface area contributed by atoms with Crippen molar-refractivity contribution in [2.24, 2.45) is 5.41 Å². The van der Waals surface area contributed by atoms with E-state index in [4.69, 9.17) is 4.74 Å².